The van der Waals surface area contributed by atoms with E-state index in [0.717, 1.165) is 32.2 Å². The molecular weight excluding hydrogens is 140 g/mol. The van der Waals surface area contributed by atoms with Crippen molar-refractivity contribution in [3.05, 3.63) is 0 Å². The van der Waals surface area contributed by atoms with Gasteiger partial charge in [-0.3, -0.25) is 4.79 Å². The SMILES string of the molecule is N#CC1CCN(C=O)C12CC2. The van der Waals surface area contributed by atoms with E-state index >= 15 is 0 Å². The Labute approximate surface area is 65.6 Å². The molecule has 1 aliphatic heterocycles. The summed E-state index contributed by atoms with van der Waals surface area (Å²) in [5.41, 5.74) is -0.0174. The summed E-state index contributed by atoms with van der Waals surface area (Å²) in [7, 11) is 0. The lowest BCUT2D eigenvalue weighted by molar-refractivity contribution is -0.119. The first-order chi connectivity index (χ1) is 5.33. The molecule has 1 saturated carbocycles. The Morgan fingerprint density at radius 3 is 2.82 bits per heavy atom. The summed E-state index contributed by atoms with van der Waals surface area (Å²) < 4.78 is 0. The number of nitrogens with zero attached hydrogens (tertiary/aromatic N) is 2. The van der Waals surface area contributed by atoms with Crippen molar-refractivity contribution in [3.63, 3.8) is 0 Å². The minimum Gasteiger partial charge on any atom is -0.338 e. The monoisotopic (exact) mass is 150 g/mol. The summed E-state index contributed by atoms with van der Waals surface area (Å²) in [4.78, 5) is 12.3. The fraction of sp³-hybridized carbons (Fsp3) is 0.750. The second-order valence-electron chi connectivity index (χ2n) is 3.37. The molecule has 0 radical (unpaired) electrons. The Bertz CT molecular complexity index is 227. The lowest BCUT2D eigenvalue weighted by atomic mass is 10.0. The van der Waals surface area contributed by atoms with Crippen molar-refractivity contribution in [2.24, 2.45) is 5.92 Å². The fourth-order valence-corrected chi connectivity index (χ4v) is 2.07. The molecule has 0 aromatic heterocycles. The second-order valence-corrected chi connectivity index (χ2v) is 3.37. The van der Waals surface area contributed by atoms with E-state index in [-0.39, 0.29) is 11.5 Å². The van der Waals surface area contributed by atoms with E-state index < -0.39 is 0 Å². The van der Waals surface area contributed by atoms with E-state index in [4.69, 9.17) is 5.26 Å². The summed E-state index contributed by atoms with van der Waals surface area (Å²) in [6.45, 7) is 0.779. The topological polar surface area (TPSA) is 44.1 Å². The highest BCUT2D eigenvalue weighted by Crippen LogP contribution is 2.52. The van der Waals surface area contributed by atoms with Gasteiger partial charge in [0.25, 0.3) is 0 Å². The van der Waals surface area contributed by atoms with Gasteiger partial charge in [-0.25, -0.2) is 0 Å². The number of likely N-dealkylation sites (tertiary alicyclic amines) is 1. The van der Waals surface area contributed by atoms with Gasteiger partial charge in [0, 0.05) is 6.54 Å². The Morgan fingerprint density at radius 2 is 2.36 bits per heavy atom. The Kier molecular flexibility index (Phi) is 1.19. The Balaban J connectivity index is 2.21. The Hall–Kier alpha value is -1.04. The van der Waals surface area contributed by atoms with Crippen molar-refractivity contribution >= 4 is 6.41 Å². The molecular formula is C8H10N2O. The summed E-state index contributed by atoms with van der Waals surface area (Å²) in [5, 5.41) is 8.76. The van der Waals surface area contributed by atoms with Crippen LogP contribution < -0.4 is 0 Å². The van der Waals surface area contributed by atoms with E-state index in [9.17, 15) is 4.79 Å². The van der Waals surface area contributed by atoms with Gasteiger partial charge in [0.2, 0.25) is 6.41 Å². The van der Waals surface area contributed by atoms with Crippen molar-refractivity contribution in [2.45, 2.75) is 24.8 Å². The maximum atomic E-state index is 10.5. The highest BCUT2D eigenvalue weighted by molar-refractivity contribution is 5.52. The third-order valence-electron chi connectivity index (χ3n) is 2.92. The van der Waals surface area contributed by atoms with Crippen LogP contribution in [0.25, 0.3) is 0 Å². The standard InChI is InChI=1S/C8H10N2O/c9-5-7-1-4-10(6-11)8(7)2-3-8/h6-7H,1-4H2. The number of amides is 1. The van der Waals surface area contributed by atoms with Crippen molar-refractivity contribution in [1.29, 1.82) is 5.26 Å². The molecule has 1 spiro atoms. The molecule has 0 N–H and O–H groups in total. The van der Waals surface area contributed by atoms with Crippen LogP contribution in [0.2, 0.25) is 0 Å². The van der Waals surface area contributed by atoms with Gasteiger partial charge in [0.15, 0.2) is 0 Å². The minimum atomic E-state index is -0.0174. The molecule has 0 bridgehead atoms. The van der Waals surface area contributed by atoms with Crippen molar-refractivity contribution in [1.82, 2.24) is 4.90 Å². The van der Waals surface area contributed by atoms with Crippen LogP contribution in [0, 0.1) is 17.2 Å². The molecule has 0 aromatic carbocycles. The van der Waals surface area contributed by atoms with Crippen LogP contribution in [0.5, 0.6) is 0 Å². The van der Waals surface area contributed by atoms with Crippen LogP contribution in [0.3, 0.4) is 0 Å². The predicted molar refractivity (Wildman–Crippen MR) is 38.5 cm³/mol. The van der Waals surface area contributed by atoms with Gasteiger partial charge in [-0.05, 0) is 19.3 Å². The number of rotatable bonds is 1. The summed E-state index contributed by atoms with van der Waals surface area (Å²) >= 11 is 0. The molecule has 1 aliphatic carbocycles. The first kappa shape index (κ1) is 6.66. The maximum Gasteiger partial charge on any atom is 0.210 e. The molecule has 2 rings (SSSR count). The largest absolute Gasteiger partial charge is 0.338 e. The quantitative estimate of drug-likeness (QED) is 0.511. The average Bonchev–Trinajstić information content (AvgIpc) is 2.68. The van der Waals surface area contributed by atoms with Crippen LogP contribution in [0.15, 0.2) is 0 Å². The molecule has 2 fully saturated rings. The lowest BCUT2D eigenvalue weighted by Crippen LogP contribution is -2.33. The van der Waals surface area contributed by atoms with E-state index in [1.807, 2.05) is 0 Å². The van der Waals surface area contributed by atoms with Gasteiger partial charge in [-0.15, -0.1) is 0 Å². The van der Waals surface area contributed by atoms with Crippen LogP contribution in [-0.4, -0.2) is 23.4 Å². The van der Waals surface area contributed by atoms with E-state index in [1.54, 1.807) is 4.90 Å². The van der Waals surface area contributed by atoms with Crippen LogP contribution in [-0.2, 0) is 4.79 Å². The van der Waals surface area contributed by atoms with Crippen molar-refractivity contribution in [3.8, 4) is 6.07 Å². The maximum absolute atomic E-state index is 10.5. The molecule has 2 aliphatic rings. The summed E-state index contributed by atoms with van der Waals surface area (Å²) in [5.74, 6) is 0.104. The Morgan fingerprint density at radius 1 is 1.64 bits per heavy atom. The van der Waals surface area contributed by atoms with Crippen LogP contribution >= 0.6 is 0 Å². The molecule has 11 heavy (non-hydrogen) atoms. The molecule has 1 unspecified atom stereocenters. The molecule has 3 nitrogen and oxygen atoms in total. The zero-order valence-corrected chi connectivity index (χ0v) is 6.29. The second kappa shape index (κ2) is 1.97. The molecule has 1 atom stereocenters. The van der Waals surface area contributed by atoms with E-state index in [0.29, 0.717) is 0 Å². The van der Waals surface area contributed by atoms with Crippen LogP contribution in [0.1, 0.15) is 19.3 Å². The zero-order chi connectivity index (χ0) is 7.90. The molecule has 0 aromatic rings. The highest BCUT2D eigenvalue weighted by Gasteiger charge is 2.57. The zero-order valence-electron chi connectivity index (χ0n) is 6.29. The van der Waals surface area contributed by atoms with Gasteiger partial charge in [0.1, 0.15) is 0 Å². The number of hydrogen-bond donors (Lipinski definition) is 0. The van der Waals surface area contributed by atoms with Crippen molar-refractivity contribution < 1.29 is 4.79 Å². The van der Waals surface area contributed by atoms with E-state index in [1.165, 1.54) is 0 Å². The lowest BCUT2D eigenvalue weighted by Gasteiger charge is -2.20. The first-order valence-electron chi connectivity index (χ1n) is 3.95. The number of hydrogen-bond acceptors (Lipinski definition) is 2. The molecule has 1 amide bonds. The summed E-state index contributed by atoms with van der Waals surface area (Å²) in [6, 6.07) is 2.28. The predicted octanol–water partition coefficient (Wildman–Crippen LogP) is 0.521. The molecule has 1 heterocycles. The van der Waals surface area contributed by atoms with Gasteiger partial charge in [-0.1, -0.05) is 0 Å². The number of carbonyl (C=O) groups excluding carboxylic acids is 1. The normalized spacial score (nSPS) is 31.9. The third kappa shape index (κ3) is 0.697. The molecule has 58 valence electrons. The molecule has 1 saturated heterocycles. The van der Waals surface area contributed by atoms with E-state index in [2.05, 4.69) is 6.07 Å². The molecule has 3 heteroatoms. The van der Waals surface area contributed by atoms with Gasteiger partial charge < -0.3 is 4.90 Å². The fourth-order valence-electron chi connectivity index (χ4n) is 2.07. The van der Waals surface area contributed by atoms with Gasteiger partial charge in [-0.2, -0.15) is 5.26 Å². The minimum absolute atomic E-state index is 0.0174. The smallest absolute Gasteiger partial charge is 0.210 e. The van der Waals surface area contributed by atoms with Crippen molar-refractivity contribution in [2.75, 3.05) is 6.54 Å². The average molecular weight is 150 g/mol. The summed E-state index contributed by atoms with van der Waals surface area (Å²) in [6.07, 6.45) is 3.83. The van der Waals surface area contributed by atoms with Crippen LogP contribution in [0.4, 0.5) is 0 Å². The third-order valence-corrected chi connectivity index (χ3v) is 2.92. The first-order valence-corrected chi connectivity index (χ1v) is 3.95. The number of nitriles is 1. The number of carbonyl (C=O) groups is 1. The van der Waals surface area contributed by atoms with Gasteiger partial charge in [0.05, 0.1) is 17.5 Å². The highest BCUT2D eigenvalue weighted by atomic mass is 16.1. The van der Waals surface area contributed by atoms with Gasteiger partial charge >= 0.3 is 0 Å².